The molecule has 18 heavy (non-hydrogen) atoms. The monoisotopic (exact) mass is 306 g/mol. The van der Waals surface area contributed by atoms with Crippen LogP contribution in [0.3, 0.4) is 0 Å². The van der Waals surface area contributed by atoms with Gasteiger partial charge in [0.1, 0.15) is 0 Å². The van der Waals surface area contributed by atoms with Crippen molar-refractivity contribution in [2.45, 2.75) is 12.8 Å². The second kappa shape index (κ2) is 4.43. The number of aryl methyl sites for hydroxylation is 1. The summed E-state index contributed by atoms with van der Waals surface area (Å²) in [6, 6.07) is 6.00. The van der Waals surface area contributed by atoms with Gasteiger partial charge in [0, 0.05) is 41.7 Å². The van der Waals surface area contributed by atoms with E-state index in [-0.39, 0.29) is 5.91 Å². The summed E-state index contributed by atoms with van der Waals surface area (Å²) in [5.74, 6) is 0.157. The highest BCUT2D eigenvalue weighted by Crippen LogP contribution is 2.27. The minimum Gasteiger partial charge on any atom is -0.350 e. The molecule has 0 bridgehead atoms. The van der Waals surface area contributed by atoms with Crippen LogP contribution in [0.5, 0.6) is 0 Å². The summed E-state index contributed by atoms with van der Waals surface area (Å²) in [7, 11) is 2.00. The third-order valence-corrected chi connectivity index (χ3v) is 4.05. The third-order valence-electron chi connectivity index (χ3n) is 3.59. The summed E-state index contributed by atoms with van der Waals surface area (Å²) in [5, 5.41) is 1.04. The largest absolute Gasteiger partial charge is 0.350 e. The van der Waals surface area contributed by atoms with Crippen LogP contribution in [0.4, 0.5) is 0 Å². The summed E-state index contributed by atoms with van der Waals surface area (Å²) in [6.45, 7) is 1.78. The Labute approximate surface area is 115 Å². The molecule has 2 heterocycles. The van der Waals surface area contributed by atoms with Crippen molar-refractivity contribution in [3.63, 3.8) is 0 Å². The normalized spacial score (nSPS) is 15.6. The SMILES string of the molecule is Cn1ccc2c(C(=O)N3CCCC3)cc(Br)cc21. The molecule has 0 aliphatic carbocycles. The van der Waals surface area contributed by atoms with E-state index in [2.05, 4.69) is 22.0 Å². The lowest BCUT2D eigenvalue weighted by atomic mass is 10.1. The van der Waals surface area contributed by atoms with Crippen molar-refractivity contribution in [2.75, 3.05) is 13.1 Å². The molecule has 1 aromatic heterocycles. The highest BCUT2D eigenvalue weighted by atomic mass is 79.9. The molecule has 0 atom stereocenters. The fourth-order valence-electron chi connectivity index (χ4n) is 2.60. The Morgan fingerprint density at radius 2 is 2.00 bits per heavy atom. The van der Waals surface area contributed by atoms with E-state index in [9.17, 15) is 4.79 Å². The van der Waals surface area contributed by atoms with E-state index in [4.69, 9.17) is 0 Å². The van der Waals surface area contributed by atoms with E-state index in [1.807, 2.05) is 34.8 Å². The molecule has 1 aliphatic rings. The molecular weight excluding hydrogens is 292 g/mol. The van der Waals surface area contributed by atoms with Crippen LogP contribution in [0.25, 0.3) is 10.9 Å². The Morgan fingerprint density at radius 3 is 2.72 bits per heavy atom. The van der Waals surface area contributed by atoms with Gasteiger partial charge in [-0.3, -0.25) is 4.79 Å². The molecule has 0 spiro atoms. The van der Waals surface area contributed by atoms with Gasteiger partial charge in [-0.1, -0.05) is 15.9 Å². The molecule has 1 saturated heterocycles. The predicted molar refractivity (Wildman–Crippen MR) is 75.8 cm³/mol. The summed E-state index contributed by atoms with van der Waals surface area (Å²) in [6.07, 6.45) is 4.24. The first-order chi connectivity index (χ1) is 8.66. The number of carbonyl (C=O) groups excluding carboxylic acids is 1. The third kappa shape index (κ3) is 1.85. The van der Waals surface area contributed by atoms with Crippen LogP contribution >= 0.6 is 15.9 Å². The van der Waals surface area contributed by atoms with E-state index < -0.39 is 0 Å². The van der Waals surface area contributed by atoms with Crippen molar-refractivity contribution >= 4 is 32.7 Å². The molecule has 1 fully saturated rings. The molecule has 0 saturated carbocycles. The fourth-order valence-corrected chi connectivity index (χ4v) is 3.05. The summed E-state index contributed by atoms with van der Waals surface area (Å²) >= 11 is 3.49. The number of aromatic nitrogens is 1. The molecule has 1 aromatic carbocycles. The molecule has 0 N–H and O–H groups in total. The van der Waals surface area contributed by atoms with Crippen LogP contribution in [0.15, 0.2) is 28.9 Å². The van der Waals surface area contributed by atoms with Gasteiger partial charge in [0.25, 0.3) is 5.91 Å². The van der Waals surface area contributed by atoms with Crippen LogP contribution in [0, 0.1) is 0 Å². The average molecular weight is 307 g/mol. The summed E-state index contributed by atoms with van der Waals surface area (Å²) in [5.41, 5.74) is 1.90. The first-order valence-corrected chi connectivity index (χ1v) is 7.00. The maximum absolute atomic E-state index is 12.5. The zero-order chi connectivity index (χ0) is 12.7. The smallest absolute Gasteiger partial charge is 0.254 e. The Bertz CT molecular complexity index is 612. The van der Waals surface area contributed by atoms with Gasteiger partial charge in [-0.25, -0.2) is 0 Å². The number of nitrogens with zero attached hydrogens (tertiary/aromatic N) is 2. The number of hydrogen-bond acceptors (Lipinski definition) is 1. The number of rotatable bonds is 1. The van der Waals surface area contributed by atoms with Gasteiger partial charge in [0.05, 0.1) is 5.56 Å². The number of benzene rings is 1. The number of carbonyl (C=O) groups is 1. The first-order valence-electron chi connectivity index (χ1n) is 6.20. The van der Waals surface area contributed by atoms with Gasteiger partial charge in [-0.05, 0) is 31.0 Å². The lowest BCUT2D eigenvalue weighted by Gasteiger charge is -2.16. The van der Waals surface area contributed by atoms with Crippen molar-refractivity contribution in [1.82, 2.24) is 9.47 Å². The Hall–Kier alpha value is -1.29. The second-order valence-corrected chi connectivity index (χ2v) is 5.73. The van der Waals surface area contributed by atoms with Gasteiger partial charge in [-0.15, -0.1) is 0 Å². The molecule has 0 radical (unpaired) electrons. The van der Waals surface area contributed by atoms with E-state index >= 15 is 0 Å². The molecule has 1 aliphatic heterocycles. The van der Waals surface area contributed by atoms with E-state index in [1.165, 1.54) is 0 Å². The lowest BCUT2D eigenvalue weighted by molar-refractivity contribution is 0.0794. The topological polar surface area (TPSA) is 25.2 Å². The Morgan fingerprint density at radius 1 is 1.28 bits per heavy atom. The standard InChI is InChI=1S/C14H15BrN2O/c1-16-7-4-11-12(8-10(15)9-13(11)16)14(18)17-5-2-3-6-17/h4,7-9H,2-3,5-6H2,1H3. The van der Waals surface area contributed by atoms with Gasteiger partial charge in [0.15, 0.2) is 0 Å². The fraction of sp³-hybridized carbons (Fsp3) is 0.357. The van der Waals surface area contributed by atoms with Crippen LogP contribution in [0.1, 0.15) is 23.2 Å². The summed E-state index contributed by atoms with van der Waals surface area (Å²) < 4.78 is 3.00. The maximum Gasteiger partial charge on any atom is 0.254 e. The minimum absolute atomic E-state index is 0.157. The first kappa shape index (κ1) is 11.8. The van der Waals surface area contributed by atoms with E-state index in [0.29, 0.717) is 0 Å². The van der Waals surface area contributed by atoms with Crippen molar-refractivity contribution in [1.29, 1.82) is 0 Å². The molecule has 94 valence electrons. The summed E-state index contributed by atoms with van der Waals surface area (Å²) in [4.78, 5) is 14.5. The van der Waals surface area contributed by atoms with Gasteiger partial charge < -0.3 is 9.47 Å². The van der Waals surface area contributed by atoms with Crippen molar-refractivity contribution in [3.8, 4) is 0 Å². The molecule has 4 heteroatoms. The zero-order valence-electron chi connectivity index (χ0n) is 10.3. The number of amides is 1. The van der Waals surface area contributed by atoms with Gasteiger partial charge in [-0.2, -0.15) is 0 Å². The predicted octanol–water partition coefficient (Wildman–Crippen LogP) is 3.18. The van der Waals surface area contributed by atoms with E-state index in [0.717, 1.165) is 46.9 Å². The molecule has 2 aromatic rings. The molecule has 1 amide bonds. The maximum atomic E-state index is 12.5. The lowest BCUT2D eigenvalue weighted by Crippen LogP contribution is -2.27. The van der Waals surface area contributed by atoms with Crippen LogP contribution < -0.4 is 0 Å². The van der Waals surface area contributed by atoms with Gasteiger partial charge >= 0.3 is 0 Å². The highest BCUT2D eigenvalue weighted by Gasteiger charge is 2.22. The zero-order valence-corrected chi connectivity index (χ0v) is 11.9. The quantitative estimate of drug-likeness (QED) is 0.794. The molecule has 3 nitrogen and oxygen atoms in total. The van der Waals surface area contributed by atoms with Crippen LogP contribution in [-0.4, -0.2) is 28.5 Å². The van der Waals surface area contributed by atoms with Crippen molar-refractivity contribution in [2.24, 2.45) is 7.05 Å². The van der Waals surface area contributed by atoms with Crippen LogP contribution in [-0.2, 0) is 7.05 Å². The Kier molecular flexibility index (Phi) is 2.90. The average Bonchev–Trinajstić information content (AvgIpc) is 2.98. The number of likely N-dealkylation sites (tertiary alicyclic amines) is 1. The highest BCUT2D eigenvalue weighted by molar-refractivity contribution is 9.10. The number of fused-ring (bicyclic) bond motifs is 1. The van der Waals surface area contributed by atoms with Crippen molar-refractivity contribution < 1.29 is 4.79 Å². The minimum atomic E-state index is 0.157. The van der Waals surface area contributed by atoms with Crippen LogP contribution in [0.2, 0.25) is 0 Å². The second-order valence-electron chi connectivity index (χ2n) is 4.81. The Balaban J connectivity index is 2.12. The molecular formula is C14H15BrN2O. The van der Waals surface area contributed by atoms with E-state index in [1.54, 1.807) is 0 Å². The van der Waals surface area contributed by atoms with Crippen molar-refractivity contribution in [3.05, 3.63) is 34.4 Å². The van der Waals surface area contributed by atoms with Gasteiger partial charge in [0.2, 0.25) is 0 Å². The number of halogens is 1. The molecule has 0 unspecified atom stereocenters. The number of hydrogen-bond donors (Lipinski definition) is 0. The molecule has 3 rings (SSSR count).